The van der Waals surface area contributed by atoms with E-state index in [1.54, 1.807) is 0 Å². The average Bonchev–Trinajstić information content (AvgIpc) is 2.85. The average molecular weight is 289 g/mol. The summed E-state index contributed by atoms with van der Waals surface area (Å²) < 4.78 is 7.37. The zero-order chi connectivity index (χ0) is 15.2. The van der Waals surface area contributed by atoms with Crippen molar-refractivity contribution in [3.8, 4) is 5.88 Å². The molecule has 21 heavy (non-hydrogen) atoms. The first kappa shape index (κ1) is 15.2. The summed E-state index contributed by atoms with van der Waals surface area (Å²) in [4.78, 5) is 4.40. The predicted molar refractivity (Wildman–Crippen MR) is 84.3 cm³/mol. The normalized spacial score (nSPS) is 10.6. The zero-order valence-electron chi connectivity index (χ0n) is 12.9. The summed E-state index contributed by atoms with van der Waals surface area (Å²) in [7, 11) is 1.93. The molecule has 3 N–H and O–H groups in total. The predicted octanol–water partition coefficient (Wildman–Crippen LogP) is 2.36. The van der Waals surface area contributed by atoms with Gasteiger partial charge in [0.05, 0.1) is 18.0 Å². The van der Waals surface area contributed by atoms with Crippen LogP contribution in [0.1, 0.15) is 31.5 Å². The van der Waals surface area contributed by atoms with Crippen LogP contribution >= 0.6 is 0 Å². The highest BCUT2D eigenvalue weighted by Crippen LogP contribution is 2.21. The van der Waals surface area contributed by atoms with Crippen LogP contribution in [0.4, 0.5) is 11.5 Å². The van der Waals surface area contributed by atoms with Crippen molar-refractivity contribution >= 4 is 11.5 Å². The van der Waals surface area contributed by atoms with Gasteiger partial charge in [-0.05, 0) is 25.0 Å². The van der Waals surface area contributed by atoms with Gasteiger partial charge in [0.25, 0.3) is 0 Å². The molecule has 0 aliphatic carbocycles. The number of pyridine rings is 1. The SMILES string of the molecule is CCCOc1nc(NCc2cn(C)nc2CC)ccc1N. The fourth-order valence-corrected chi connectivity index (χ4v) is 2.08. The van der Waals surface area contributed by atoms with Crippen molar-refractivity contribution < 1.29 is 4.74 Å². The first-order chi connectivity index (χ1) is 10.1. The van der Waals surface area contributed by atoms with Crippen LogP contribution in [0.15, 0.2) is 18.3 Å². The molecule has 0 saturated heterocycles. The molecule has 0 unspecified atom stereocenters. The summed E-state index contributed by atoms with van der Waals surface area (Å²) in [6.45, 7) is 5.45. The molecule has 2 aromatic heterocycles. The molecule has 0 aliphatic rings. The molecule has 0 amide bonds. The first-order valence-electron chi connectivity index (χ1n) is 7.28. The van der Waals surface area contributed by atoms with Crippen LogP contribution in [0.25, 0.3) is 0 Å². The highest BCUT2D eigenvalue weighted by atomic mass is 16.5. The van der Waals surface area contributed by atoms with Gasteiger partial charge in [0.15, 0.2) is 0 Å². The van der Waals surface area contributed by atoms with Gasteiger partial charge >= 0.3 is 0 Å². The number of ether oxygens (including phenoxy) is 1. The third-order valence-corrected chi connectivity index (χ3v) is 3.12. The molecule has 6 nitrogen and oxygen atoms in total. The number of nitrogens with zero attached hydrogens (tertiary/aromatic N) is 3. The van der Waals surface area contributed by atoms with Crippen molar-refractivity contribution in [3.63, 3.8) is 0 Å². The van der Waals surface area contributed by atoms with E-state index in [-0.39, 0.29) is 0 Å². The molecule has 0 aliphatic heterocycles. The third-order valence-electron chi connectivity index (χ3n) is 3.12. The van der Waals surface area contributed by atoms with E-state index in [1.807, 2.05) is 37.0 Å². The van der Waals surface area contributed by atoms with Crippen molar-refractivity contribution in [2.75, 3.05) is 17.7 Å². The molecule has 2 aromatic rings. The Balaban J connectivity index is 2.05. The fraction of sp³-hybridized carbons (Fsp3) is 0.467. The van der Waals surface area contributed by atoms with Crippen molar-refractivity contribution in [2.45, 2.75) is 33.2 Å². The van der Waals surface area contributed by atoms with E-state index in [1.165, 1.54) is 5.56 Å². The molecule has 6 heteroatoms. The monoisotopic (exact) mass is 289 g/mol. The zero-order valence-corrected chi connectivity index (χ0v) is 12.9. The minimum Gasteiger partial charge on any atom is -0.476 e. The molecule has 0 atom stereocenters. The lowest BCUT2D eigenvalue weighted by atomic mass is 10.2. The maximum Gasteiger partial charge on any atom is 0.239 e. The topological polar surface area (TPSA) is 78.0 Å². The van der Waals surface area contributed by atoms with E-state index in [0.29, 0.717) is 24.7 Å². The Bertz CT molecular complexity index is 594. The summed E-state index contributed by atoms with van der Waals surface area (Å²) in [5, 5.41) is 7.72. The number of hydrogen-bond acceptors (Lipinski definition) is 5. The van der Waals surface area contributed by atoms with Crippen LogP contribution in [0, 0.1) is 0 Å². The Morgan fingerprint density at radius 3 is 2.86 bits per heavy atom. The second-order valence-electron chi connectivity index (χ2n) is 4.92. The third kappa shape index (κ3) is 3.87. The highest BCUT2D eigenvalue weighted by Gasteiger charge is 2.07. The van der Waals surface area contributed by atoms with Crippen LogP contribution < -0.4 is 15.8 Å². The lowest BCUT2D eigenvalue weighted by Crippen LogP contribution is -2.06. The Hall–Kier alpha value is -2.24. The Morgan fingerprint density at radius 2 is 2.14 bits per heavy atom. The number of anilines is 2. The van der Waals surface area contributed by atoms with Gasteiger partial charge in [-0.3, -0.25) is 4.68 Å². The van der Waals surface area contributed by atoms with Gasteiger partial charge in [-0.2, -0.15) is 10.1 Å². The Kier molecular flexibility index (Phi) is 5.03. The van der Waals surface area contributed by atoms with E-state index in [9.17, 15) is 0 Å². The van der Waals surface area contributed by atoms with E-state index < -0.39 is 0 Å². The number of aryl methyl sites for hydroxylation is 2. The molecule has 0 spiro atoms. The molecular weight excluding hydrogens is 266 g/mol. The molecule has 0 saturated carbocycles. The smallest absolute Gasteiger partial charge is 0.239 e. The number of hydrogen-bond donors (Lipinski definition) is 2. The molecule has 0 bridgehead atoms. The van der Waals surface area contributed by atoms with Crippen molar-refractivity contribution in [2.24, 2.45) is 7.05 Å². The molecule has 2 heterocycles. The maximum absolute atomic E-state index is 5.86. The second kappa shape index (κ2) is 6.97. The Morgan fingerprint density at radius 1 is 1.33 bits per heavy atom. The van der Waals surface area contributed by atoms with Gasteiger partial charge in [0.1, 0.15) is 5.82 Å². The van der Waals surface area contributed by atoms with E-state index in [0.717, 1.165) is 24.4 Å². The highest BCUT2D eigenvalue weighted by molar-refractivity contribution is 5.53. The maximum atomic E-state index is 5.86. The minimum atomic E-state index is 0.490. The van der Waals surface area contributed by atoms with Crippen molar-refractivity contribution in [1.29, 1.82) is 0 Å². The summed E-state index contributed by atoms with van der Waals surface area (Å²) in [5.74, 6) is 1.24. The molecule has 2 rings (SSSR count). The van der Waals surface area contributed by atoms with Crippen LogP contribution in [0.5, 0.6) is 5.88 Å². The summed E-state index contributed by atoms with van der Waals surface area (Å²) in [6.07, 6.45) is 3.86. The lowest BCUT2D eigenvalue weighted by Gasteiger charge is -2.10. The van der Waals surface area contributed by atoms with E-state index >= 15 is 0 Å². The lowest BCUT2D eigenvalue weighted by molar-refractivity contribution is 0.307. The van der Waals surface area contributed by atoms with Gasteiger partial charge in [-0.25, -0.2) is 0 Å². The molecule has 0 fully saturated rings. The van der Waals surface area contributed by atoms with Gasteiger partial charge < -0.3 is 15.8 Å². The molecule has 0 radical (unpaired) electrons. The fourth-order valence-electron chi connectivity index (χ4n) is 2.08. The van der Waals surface area contributed by atoms with Gasteiger partial charge in [-0.15, -0.1) is 0 Å². The van der Waals surface area contributed by atoms with Gasteiger partial charge in [-0.1, -0.05) is 13.8 Å². The number of nitrogens with one attached hydrogen (secondary N) is 1. The number of nitrogen functional groups attached to an aromatic ring is 1. The summed E-state index contributed by atoms with van der Waals surface area (Å²) in [5.41, 5.74) is 8.69. The number of aromatic nitrogens is 3. The van der Waals surface area contributed by atoms with Crippen molar-refractivity contribution in [1.82, 2.24) is 14.8 Å². The molecule has 0 aromatic carbocycles. The summed E-state index contributed by atoms with van der Waals surface area (Å²) in [6, 6.07) is 3.67. The van der Waals surface area contributed by atoms with Gasteiger partial charge in [0, 0.05) is 25.4 Å². The first-order valence-corrected chi connectivity index (χ1v) is 7.28. The van der Waals surface area contributed by atoms with Crippen LogP contribution in [-0.2, 0) is 20.0 Å². The Labute approximate surface area is 125 Å². The van der Waals surface area contributed by atoms with Crippen LogP contribution in [0.2, 0.25) is 0 Å². The van der Waals surface area contributed by atoms with Crippen LogP contribution in [-0.4, -0.2) is 21.4 Å². The van der Waals surface area contributed by atoms with E-state index in [4.69, 9.17) is 10.5 Å². The molecular formula is C15H23N5O. The van der Waals surface area contributed by atoms with Crippen molar-refractivity contribution in [3.05, 3.63) is 29.6 Å². The number of nitrogens with two attached hydrogens (primary N) is 1. The van der Waals surface area contributed by atoms with E-state index in [2.05, 4.69) is 22.3 Å². The molecule has 114 valence electrons. The standard InChI is InChI=1S/C15H23N5O/c1-4-8-21-15-12(16)6-7-14(18-15)17-9-11-10-20(3)19-13(11)5-2/h6-7,10H,4-5,8-9,16H2,1-3H3,(H,17,18). The largest absolute Gasteiger partial charge is 0.476 e. The van der Waals surface area contributed by atoms with Gasteiger partial charge in [0.2, 0.25) is 5.88 Å². The minimum absolute atomic E-state index is 0.490. The second-order valence-corrected chi connectivity index (χ2v) is 4.92. The number of rotatable bonds is 7. The van der Waals surface area contributed by atoms with Crippen LogP contribution in [0.3, 0.4) is 0 Å². The summed E-state index contributed by atoms with van der Waals surface area (Å²) >= 11 is 0. The quantitative estimate of drug-likeness (QED) is 0.818.